The van der Waals surface area contributed by atoms with Gasteiger partial charge in [0.05, 0.1) is 6.42 Å². The summed E-state index contributed by atoms with van der Waals surface area (Å²) >= 11 is 0. The number of unbranched alkanes of at least 4 members (excludes halogenated alkanes) is 2. The lowest BCUT2D eigenvalue weighted by Crippen LogP contribution is -2.35. The van der Waals surface area contributed by atoms with Crippen LogP contribution < -0.4 is 0 Å². The van der Waals surface area contributed by atoms with Gasteiger partial charge >= 0.3 is 11.9 Å². The van der Waals surface area contributed by atoms with E-state index in [4.69, 9.17) is 9.47 Å². The summed E-state index contributed by atoms with van der Waals surface area (Å²) in [4.78, 5) is 24.1. The predicted octanol–water partition coefficient (Wildman–Crippen LogP) is 3.99. The van der Waals surface area contributed by atoms with E-state index in [2.05, 4.69) is 0 Å². The smallest absolute Gasteiger partial charge is 0.327 e. The second kappa shape index (κ2) is 14.3. The maximum atomic E-state index is 12.1. The predicted molar refractivity (Wildman–Crippen MR) is 108 cm³/mol. The highest BCUT2D eigenvalue weighted by Crippen LogP contribution is 2.12. The lowest BCUT2D eigenvalue weighted by molar-refractivity contribution is -0.149. The first kappa shape index (κ1) is 26.3. The maximum absolute atomic E-state index is 12.1. The number of esters is 2. The molecule has 1 N–H and O–H groups in total. The first-order valence-electron chi connectivity index (χ1n) is 9.83. The van der Waals surface area contributed by atoms with Crippen LogP contribution in [0.15, 0.2) is 23.3 Å². The fourth-order valence-corrected chi connectivity index (χ4v) is 2.92. The molecule has 1 atom stereocenters. The van der Waals surface area contributed by atoms with Gasteiger partial charge < -0.3 is 9.47 Å². The van der Waals surface area contributed by atoms with E-state index in [1.165, 1.54) is 0 Å². The van der Waals surface area contributed by atoms with E-state index in [1.54, 1.807) is 0 Å². The maximum Gasteiger partial charge on any atom is 0.327 e. The number of ether oxygens (including phenoxy) is 2. The molecule has 0 heterocycles. The molecule has 1 unspecified atom stereocenters. The third-order valence-corrected chi connectivity index (χ3v) is 5.22. The first-order valence-corrected chi connectivity index (χ1v) is 11.3. The van der Waals surface area contributed by atoms with Gasteiger partial charge in [0, 0.05) is 0 Å². The monoisotopic (exact) mass is 418 g/mol. The molecule has 0 rings (SSSR count). The lowest BCUT2D eigenvalue weighted by Gasteiger charge is -2.14. The van der Waals surface area contributed by atoms with Crippen LogP contribution in [0.4, 0.5) is 0 Å². The molecule has 8 heteroatoms. The molecule has 0 aromatic carbocycles. The van der Waals surface area contributed by atoms with Crippen LogP contribution in [0.5, 0.6) is 0 Å². The van der Waals surface area contributed by atoms with Crippen molar-refractivity contribution in [2.75, 3.05) is 13.2 Å². The van der Waals surface area contributed by atoms with Gasteiger partial charge in [-0.3, -0.25) is 14.1 Å². The molecule has 0 saturated heterocycles. The Balaban J connectivity index is 4.91. The number of carbonyl (C=O) groups is 2. The quantitative estimate of drug-likeness (QED) is 0.258. The van der Waals surface area contributed by atoms with Crippen molar-refractivity contribution in [3.8, 4) is 0 Å². The molecule has 162 valence electrons. The molecule has 0 bridgehead atoms. The summed E-state index contributed by atoms with van der Waals surface area (Å²) in [7, 11) is -4.80. The zero-order chi connectivity index (χ0) is 21.6. The minimum absolute atomic E-state index is 0.0301. The molecule has 28 heavy (non-hydrogen) atoms. The lowest BCUT2D eigenvalue weighted by atomic mass is 10.1. The standard InChI is InChI=1S/C20H34O7S/c1-5-9-11-16(7-3)14-26-19(21)13-18(28(23,24)25)20(22)27-15-17(8-4)12-10-6-2/h11-12,18H,5-10,13-15H2,1-4H3,(H,23,24,25)/b16-11+,17-12+. The average Bonchev–Trinajstić information content (AvgIpc) is 2.65. The van der Waals surface area contributed by atoms with E-state index in [0.717, 1.165) is 36.8 Å². The summed E-state index contributed by atoms with van der Waals surface area (Å²) in [5.74, 6) is -2.04. The van der Waals surface area contributed by atoms with Crippen LogP contribution in [0.25, 0.3) is 0 Å². The molecule has 0 spiro atoms. The molecule has 0 amide bonds. The Morgan fingerprint density at radius 3 is 1.75 bits per heavy atom. The normalized spacial score (nSPS) is 13.9. The van der Waals surface area contributed by atoms with Gasteiger partial charge in [0.2, 0.25) is 0 Å². The number of hydrogen-bond acceptors (Lipinski definition) is 6. The fraction of sp³-hybridized carbons (Fsp3) is 0.700. The Bertz CT molecular complexity index is 647. The zero-order valence-electron chi connectivity index (χ0n) is 17.4. The molecular formula is C20H34O7S. The van der Waals surface area contributed by atoms with Crippen molar-refractivity contribution in [3.05, 3.63) is 23.3 Å². The molecule has 0 aliphatic rings. The Hall–Kier alpha value is -1.67. The first-order chi connectivity index (χ1) is 13.2. The molecular weight excluding hydrogens is 384 g/mol. The highest BCUT2D eigenvalue weighted by Gasteiger charge is 2.35. The van der Waals surface area contributed by atoms with E-state index < -0.39 is 33.7 Å². The van der Waals surface area contributed by atoms with Crippen molar-refractivity contribution < 1.29 is 32.0 Å². The minimum Gasteiger partial charge on any atom is -0.461 e. The van der Waals surface area contributed by atoms with Crippen molar-refractivity contribution in [1.82, 2.24) is 0 Å². The van der Waals surface area contributed by atoms with Crippen LogP contribution in [0.3, 0.4) is 0 Å². The van der Waals surface area contributed by atoms with E-state index in [0.29, 0.717) is 12.8 Å². The number of hydrogen-bond donors (Lipinski definition) is 1. The van der Waals surface area contributed by atoms with E-state index in [9.17, 15) is 22.6 Å². The second-order valence-electron chi connectivity index (χ2n) is 6.49. The summed E-state index contributed by atoms with van der Waals surface area (Å²) in [5.41, 5.74) is 1.76. The summed E-state index contributed by atoms with van der Waals surface area (Å²) in [6.45, 7) is 7.81. The minimum atomic E-state index is -4.80. The molecule has 0 aromatic heterocycles. The van der Waals surface area contributed by atoms with Gasteiger partial charge in [-0.05, 0) is 36.8 Å². The van der Waals surface area contributed by atoms with Crippen LogP contribution in [0.2, 0.25) is 0 Å². The Morgan fingerprint density at radius 1 is 0.893 bits per heavy atom. The zero-order valence-corrected chi connectivity index (χ0v) is 18.2. The summed E-state index contributed by atoms with van der Waals surface area (Å²) < 4.78 is 42.5. The summed E-state index contributed by atoms with van der Waals surface area (Å²) in [6.07, 6.45) is 8.02. The van der Waals surface area contributed by atoms with Gasteiger partial charge in [-0.2, -0.15) is 8.42 Å². The van der Waals surface area contributed by atoms with Crippen LogP contribution >= 0.6 is 0 Å². The van der Waals surface area contributed by atoms with Gasteiger partial charge in [-0.25, -0.2) is 0 Å². The summed E-state index contributed by atoms with van der Waals surface area (Å²) in [6, 6.07) is 0. The highest BCUT2D eigenvalue weighted by atomic mass is 32.2. The van der Waals surface area contributed by atoms with Crippen LogP contribution in [0.1, 0.15) is 72.6 Å². The van der Waals surface area contributed by atoms with Crippen molar-refractivity contribution in [2.24, 2.45) is 0 Å². The third kappa shape index (κ3) is 11.2. The Morgan fingerprint density at radius 2 is 1.36 bits per heavy atom. The Labute approximate surface area is 168 Å². The van der Waals surface area contributed by atoms with Gasteiger partial charge in [0.15, 0.2) is 5.25 Å². The van der Waals surface area contributed by atoms with E-state index >= 15 is 0 Å². The van der Waals surface area contributed by atoms with Crippen molar-refractivity contribution in [2.45, 2.75) is 77.9 Å². The molecule has 0 aromatic rings. The van der Waals surface area contributed by atoms with Gasteiger partial charge in [0.25, 0.3) is 10.1 Å². The molecule has 0 aliphatic heterocycles. The van der Waals surface area contributed by atoms with E-state index in [1.807, 2.05) is 39.8 Å². The number of allylic oxidation sites excluding steroid dienone is 2. The second-order valence-corrected chi connectivity index (χ2v) is 8.08. The van der Waals surface area contributed by atoms with Crippen molar-refractivity contribution in [1.29, 1.82) is 0 Å². The summed E-state index contributed by atoms with van der Waals surface area (Å²) in [5, 5.41) is -1.99. The van der Waals surface area contributed by atoms with Crippen molar-refractivity contribution in [3.63, 3.8) is 0 Å². The largest absolute Gasteiger partial charge is 0.461 e. The average molecular weight is 419 g/mol. The SMILES string of the molecule is CCC/C=C(\CC)COC(=O)CC(C(=O)OC/C(=C/CCC)CC)S(=O)(=O)O. The van der Waals surface area contributed by atoms with Crippen LogP contribution in [0, 0.1) is 0 Å². The molecule has 0 radical (unpaired) electrons. The van der Waals surface area contributed by atoms with Gasteiger partial charge in [-0.15, -0.1) is 0 Å². The fourth-order valence-electron chi connectivity index (χ4n) is 2.26. The van der Waals surface area contributed by atoms with E-state index in [-0.39, 0.29) is 13.2 Å². The van der Waals surface area contributed by atoms with Gasteiger partial charge in [-0.1, -0.05) is 52.7 Å². The third-order valence-electron chi connectivity index (χ3n) is 4.14. The molecule has 7 nitrogen and oxygen atoms in total. The van der Waals surface area contributed by atoms with Crippen LogP contribution in [-0.2, 0) is 29.2 Å². The molecule has 0 aliphatic carbocycles. The van der Waals surface area contributed by atoms with Crippen LogP contribution in [-0.4, -0.2) is 43.4 Å². The highest BCUT2D eigenvalue weighted by molar-refractivity contribution is 7.87. The number of carbonyl (C=O) groups excluding carboxylic acids is 2. The molecule has 0 saturated carbocycles. The van der Waals surface area contributed by atoms with Crippen molar-refractivity contribution >= 4 is 22.1 Å². The topological polar surface area (TPSA) is 107 Å². The van der Waals surface area contributed by atoms with Gasteiger partial charge in [0.1, 0.15) is 13.2 Å². The molecule has 0 fully saturated rings. The number of rotatable bonds is 14. The Kier molecular flexibility index (Phi) is 13.5.